The van der Waals surface area contributed by atoms with Gasteiger partial charge in [0, 0.05) is 31.5 Å². The SMILES string of the molecule is CNc1ncc(-c2cnc3ccc(N4CCCC4c4cccc(F)c4)nn23)cn1. The number of aromatic nitrogens is 5. The van der Waals surface area contributed by atoms with Crippen LogP contribution in [0.5, 0.6) is 0 Å². The Labute approximate surface area is 167 Å². The largest absolute Gasteiger partial charge is 0.357 e. The molecule has 0 radical (unpaired) electrons. The van der Waals surface area contributed by atoms with E-state index in [1.165, 1.54) is 6.07 Å². The minimum atomic E-state index is -0.209. The molecule has 3 aromatic heterocycles. The summed E-state index contributed by atoms with van der Waals surface area (Å²) in [5, 5.41) is 7.76. The highest BCUT2D eigenvalue weighted by Gasteiger charge is 2.28. The third-order valence-corrected chi connectivity index (χ3v) is 5.30. The molecule has 1 saturated heterocycles. The van der Waals surface area contributed by atoms with Gasteiger partial charge in [0.2, 0.25) is 5.95 Å². The summed E-state index contributed by atoms with van der Waals surface area (Å²) in [4.78, 5) is 15.3. The van der Waals surface area contributed by atoms with E-state index in [1.807, 2.05) is 22.7 Å². The van der Waals surface area contributed by atoms with Crippen LogP contribution in [0.1, 0.15) is 24.4 Å². The molecule has 1 aromatic carbocycles. The van der Waals surface area contributed by atoms with Crippen molar-refractivity contribution in [3.05, 3.63) is 66.4 Å². The maximum atomic E-state index is 13.7. The van der Waals surface area contributed by atoms with Crippen LogP contribution in [0, 0.1) is 5.82 Å². The average Bonchev–Trinajstić information content (AvgIpc) is 3.40. The van der Waals surface area contributed by atoms with Crippen molar-refractivity contribution in [1.82, 2.24) is 24.6 Å². The van der Waals surface area contributed by atoms with Crippen molar-refractivity contribution < 1.29 is 4.39 Å². The zero-order chi connectivity index (χ0) is 19.8. The number of hydrogen-bond donors (Lipinski definition) is 1. The number of fused-ring (bicyclic) bond motifs is 1. The van der Waals surface area contributed by atoms with Gasteiger partial charge in [0.15, 0.2) is 5.65 Å². The number of halogens is 1. The van der Waals surface area contributed by atoms with Crippen LogP contribution in [0.4, 0.5) is 16.2 Å². The van der Waals surface area contributed by atoms with Gasteiger partial charge >= 0.3 is 0 Å². The van der Waals surface area contributed by atoms with E-state index < -0.39 is 0 Å². The van der Waals surface area contributed by atoms with Crippen LogP contribution in [-0.2, 0) is 0 Å². The van der Waals surface area contributed by atoms with E-state index >= 15 is 0 Å². The first kappa shape index (κ1) is 17.5. The smallest absolute Gasteiger partial charge is 0.222 e. The zero-order valence-electron chi connectivity index (χ0n) is 16.0. The molecule has 0 saturated carbocycles. The van der Waals surface area contributed by atoms with Crippen molar-refractivity contribution in [2.45, 2.75) is 18.9 Å². The molecular formula is C21H20FN7. The van der Waals surface area contributed by atoms with Crippen LogP contribution in [0.3, 0.4) is 0 Å². The summed E-state index contributed by atoms with van der Waals surface area (Å²) >= 11 is 0. The molecular weight excluding hydrogens is 369 g/mol. The average molecular weight is 389 g/mol. The lowest BCUT2D eigenvalue weighted by Crippen LogP contribution is -2.24. The number of nitrogens with one attached hydrogen (secondary N) is 1. The second-order valence-corrected chi connectivity index (χ2v) is 7.06. The van der Waals surface area contributed by atoms with E-state index in [1.54, 1.807) is 37.8 Å². The summed E-state index contributed by atoms with van der Waals surface area (Å²) in [6, 6.07) is 10.9. The number of imidazole rings is 1. The summed E-state index contributed by atoms with van der Waals surface area (Å²) in [5.74, 6) is 1.20. The summed E-state index contributed by atoms with van der Waals surface area (Å²) < 4.78 is 15.6. The van der Waals surface area contributed by atoms with E-state index in [4.69, 9.17) is 5.10 Å². The molecule has 4 heterocycles. The van der Waals surface area contributed by atoms with Gasteiger partial charge in [0.25, 0.3) is 0 Å². The quantitative estimate of drug-likeness (QED) is 0.574. The molecule has 1 fully saturated rings. The normalized spacial score (nSPS) is 16.5. The Morgan fingerprint density at radius 1 is 1.07 bits per heavy atom. The van der Waals surface area contributed by atoms with Crippen LogP contribution in [0.15, 0.2) is 55.0 Å². The van der Waals surface area contributed by atoms with Crippen LogP contribution in [0.2, 0.25) is 0 Å². The maximum Gasteiger partial charge on any atom is 0.222 e. The number of nitrogens with zero attached hydrogens (tertiary/aromatic N) is 6. The van der Waals surface area contributed by atoms with Crippen molar-refractivity contribution in [2.75, 3.05) is 23.8 Å². The topological polar surface area (TPSA) is 71.2 Å². The molecule has 1 N–H and O–H groups in total. The minimum Gasteiger partial charge on any atom is -0.357 e. The Hall–Kier alpha value is -3.55. The van der Waals surface area contributed by atoms with Crippen LogP contribution < -0.4 is 10.2 Å². The molecule has 7 nitrogen and oxygen atoms in total. The van der Waals surface area contributed by atoms with Crippen LogP contribution in [0.25, 0.3) is 16.9 Å². The van der Waals surface area contributed by atoms with Gasteiger partial charge in [-0.15, -0.1) is 5.10 Å². The predicted octanol–water partition coefficient (Wildman–Crippen LogP) is 3.71. The molecule has 1 unspecified atom stereocenters. The standard InChI is InChI=1S/C21H20FN7/c1-23-21-25-11-15(12-26-21)18-13-24-19-7-8-20(27-29(18)19)28-9-3-6-17(28)14-4-2-5-16(22)10-14/h2,4-5,7-8,10-13,17H,3,6,9H2,1H3,(H,23,25,26). The Morgan fingerprint density at radius 3 is 2.72 bits per heavy atom. The molecule has 8 heteroatoms. The van der Waals surface area contributed by atoms with Gasteiger partial charge in [-0.05, 0) is 42.7 Å². The lowest BCUT2D eigenvalue weighted by molar-refractivity contribution is 0.617. The summed E-state index contributed by atoms with van der Waals surface area (Å²) in [6.45, 7) is 0.879. The van der Waals surface area contributed by atoms with E-state index in [2.05, 4.69) is 25.2 Å². The molecule has 146 valence electrons. The fourth-order valence-electron chi connectivity index (χ4n) is 3.90. The van der Waals surface area contributed by atoms with Gasteiger partial charge in [0.05, 0.1) is 17.9 Å². The molecule has 0 bridgehead atoms. The molecule has 1 atom stereocenters. The fourth-order valence-corrected chi connectivity index (χ4v) is 3.90. The van der Waals surface area contributed by atoms with Crippen LogP contribution >= 0.6 is 0 Å². The zero-order valence-corrected chi connectivity index (χ0v) is 16.0. The highest BCUT2D eigenvalue weighted by atomic mass is 19.1. The van der Waals surface area contributed by atoms with Crippen molar-refractivity contribution >= 4 is 17.4 Å². The van der Waals surface area contributed by atoms with Gasteiger partial charge < -0.3 is 10.2 Å². The number of benzene rings is 1. The third kappa shape index (κ3) is 3.16. The number of anilines is 2. The van der Waals surface area contributed by atoms with Gasteiger partial charge in [-0.25, -0.2) is 23.9 Å². The fraction of sp³-hybridized carbons (Fsp3) is 0.238. The second kappa shape index (κ2) is 7.12. The molecule has 1 aliphatic rings. The second-order valence-electron chi connectivity index (χ2n) is 7.06. The van der Waals surface area contributed by atoms with E-state index in [0.29, 0.717) is 5.95 Å². The predicted molar refractivity (Wildman–Crippen MR) is 109 cm³/mol. The summed E-state index contributed by atoms with van der Waals surface area (Å²) in [7, 11) is 1.78. The number of rotatable bonds is 4. The Morgan fingerprint density at radius 2 is 1.93 bits per heavy atom. The van der Waals surface area contributed by atoms with Crippen LogP contribution in [-0.4, -0.2) is 38.2 Å². The molecule has 0 amide bonds. The van der Waals surface area contributed by atoms with E-state index in [9.17, 15) is 4.39 Å². The lowest BCUT2D eigenvalue weighted by atomic mass is 10.0. The highest BCUT2D eigenvalue weighted by Crippen LogP contribution is 2.35. The van der Waals surface area contributed by atoms with E-state index in [-0.39, 0.29) is 11.9 Å². The Bertz CT molecular complexity index is 1160. The highest BCUT2D eigenvalue weighted by molar-refractivity contribution is 5.63. The summed E-state index contributed by atoms with van der Waals surface area (Å²) in [6.07, 6.45) is 7.29. The Kier molecular flexibility index (Phi) is 4.31. The molecule has 0 aliphatic carbocycles. The van der Waals surface area contributed by atoms with Crippen molar-refractivity contribution in [3.63, 3.8) is 0 Å². The first-order valence-electron chi connectivity index (χ1n) is 9.60. The van der Waals surface area contributed by atoms with Gasteiger partial charge in [-0.1, -0.05) is 12.1 Å². The minimum absolute atomic E-state index is 0.112. The van der Waals surface area contributed by atoms with E-state index in [0.717, 1.165) is 47.7 Å². The monoisotopic (exact) mass is 389 g/mol. The lowest BCUT2D eigenvalue weighted by Gasteiger charge is -2.26. The molecule has 5 rings (SSSR count). The number of hydrogen-bond acceptors (Lipinski definition) is 6. The molecule has 1 aliphatic heterocycles. The molecule has 4 aromatic rings. The van der Waals surface area contributed by atoms with Crippen molar-refractivity contribution in [2.24, 2.45) is 0 Å². The van der Waals surface area contributed by atoms with Gasteiger partial charge in [-0.3, -0.25) is 0 Å². The van der Waals surface area contributed by atoms with Gasteiger partial charge in [-0.2, -0.15) is 0 Å². The molecule has 29 heavy (non-hydrogen) atoms. The van der Waals surface area contributed by atoms with Gasteiger partial charge in [0.1, 0.15) is 11.6 Å². The first-order chi connectivity index (χ1) is 14.2. The maximum absolute atomic E-state index is 13.7. The van der Waals surface area contributed by atoms with Crippen molar-refractivity contribution in [1.29, 1.82) is 0 Å². The Balaban J connectivity index is 1.53. The molecule has 0 spiro atoms. The summed E-state index contributed by atoms with van der Waals surface area (Å²) in [5.41, 5.74) is 3.39. The third-order valence-electron chi connectivity index (χ3n) is 5.30. The van der Waals surface area contributed by atoms with Crippen molar-refractivity contribution in [3.8, 4) is 11.3 Å². The first-order valence-corrected chi connectivity index (χ1v) is 9.60.